The quantitative estimate of drug-likeness (QED) is 0.429. The zero-order chi connectivity index (χ0) is 26.3. The predicted molar refractivity (Wildman–Crippen MR) is 143 cm³/mol. The molecule has 37 heavy (non-hydrogen) atoms. The van der Waals surface area contributed by atoms with Gasteiger partial charge in [-0.3, -0.25) is 14.4 Å². The lowest BCUT2D eigenvalue weighted by Crippen LogP contribution is -2.49. The Labute approximate surface area is 221 Å². The molecular weight excluding hydrogens is 517 g/mol. The van der Waals surface area contributed by atoms with Crippen LogP contribution in [0.25, 0.3) is 6.08 Å². The molecular formula is C27H27ClFN3O4S. The first kappa shape index (κ1) is 26.7. The molecule has 1 aliphatic heterocycles. The molecule has 0 radical (unpaired) electrons. The number of sulfonamides is 1. The Morgan fingerprint density at radius 3 is 2.38 bits per heavy atom. The molecule has 0 aromatic heterocycles. The van der Waals surface area contributed by atoms with Crippen molar-refractivity contribution < 1.29 is 22.3 Å². The van der Waals surface area contributed by atoms with Gasteiger partial charge in [-0.05, 0) is 48.0 Å². The third kappa shape index (κ3) is 7.55. The van der Waals surface area contributed by atoms with Crippen molar-refractivity contribution in [1.82, 2.24) is 9.80 Å². The Kier molecular flexibility index (Phi) is 8.81. The smallest absolute Gasteiger partial charge is 0.261 e. The lowest BCUT2D eigenvalue weighted by atomic mass is 10.2. The highest BCUT2D eigenvalue weighted by atomic mass is 35.5. The summed E-state index contributed by atoms with van der Waals surface area (Å²) in [5.74, 6) is -0.425. The second kappa shape index (κ2) is 12.2. The highest BCUT2D eigenvalue weighted by Gasteiger charge is 2.22. The summed E-state index contributed by atoms with van der Waals surface area (Å²) in [6, 6.07) is 19.0. The molecule has 1 aliphatic rings. The van der Waals surface area contributed by atoms with Gasteiger partial charge in [0.2, 0.25) is 0 Å². The van der Waals surface area contributed by atoms with Gasteiger partial charge in [-0.1, -0.05) is 54.1 Å². The van der Waals surface area contributed by atoms with Crippen LogP contribution in [0.5, 0.6) is 5.75 Å². The summed E-state index contributed by atoms with van der Waals surface area (Å²) < 4.78 is 46.2. The number of ether oxygens (including phenoxy) is 1. The number of benzene rings is 3. The molecule has 4 rings (SSSR count). The van der Waals surface area contributed by atoms with Crippen molar-refractivity contribution >= 4 is 39.3 Å². The first-order valence-electron chi connectivity index (χ1n) is 11.7. The van der Waals surface area contributed by atoms with Crippen LogP contribution in [0.1, 0.15) is 5.56 Å². The Hall–Kier alpha value is -3.40. The number of nitrogens with one attached hydrogen (secondary N) is 1. The molecule has 1 fully saturated rings. The van der Waals surface area contributed by atoms with E-state index in [-0.39, 0.29) is 33.9 Å². The molecule has 0 unspecified atom stereocenters. The van der Waals surface area contributed by atoms with E-state index in [0.29, 0.717) is 13.1 Å². The Balaban J connectivity index is 1.25. The van der Waals surface area contributed by atoms with Gasteiger partial charge in [-0.2, -0.15) is 0 Å². The van der Waals surface area contributed by atoms with Crippen LogP contribution in [0.4, 0.5) is 10.1 Å². The number of halogens is 2. The van der Waals surface area contributed by atoms with E-state index in [0.717, 1.165) is 37.3 Å². The van der Waals surface area contributed by atoms with E-state index in [2.05, 4.69) is 33.9 Å². The second-order valence-electron chi connectivity index (χ2n) is 8.49. The van der Waals surface area contributed by atoms with Gasteiger partial charge in [0.15, 0.2) is 6.61 Å². The van der Waals surface area contributed by atoms with Crippen LogP contribution >= 0.6 is 11.6 Å². The van der Waals surface area contributed by atoms with E-state index in [1.54, 1.807) is 4.90 Å². The summed E-state index contributed by atoms with van der Waals surface area (Å²) in [7, 11) is -3.94. The second-order valence-corrected chi connectivity index (χ2v) is 10.6. The van der Waals surface area contributed by atoms with Crippen LogP contribution in [0, 0.1) is 5.82 Å². The standard InChI is InChI=1S/C27H27ClFN3O4S/c28-25-19-24(37(34,35)30-23-10-8-22(29)9-11-23)12-13-26(25)36-20-27(33)32-17-15-31(16-18-32)14-4-7-21-5-2-1-3-6-21/h1-13,19,30H,14-18,20H2/b7-4+. The number of nitrogens with zero attached hydrogens (tertiary/aromatic N) is 2. The fourth-order valence-corrected chi connectivity index (χ4v) is 5.19. The predicted octanol–water partition coefficient (Wildman–Crippen LogP) is 4.52. The van der Waals surface area contributed by atoms with Crippen LogP contribution in [-0.4, -0.2) is 63.5 Å². The highest BCUT2D eigenvalue weighted by molar-refractivity contribution is 7.92. The Bertz CT molecular complexity index is 1340. The number of piperazine rings is 1. The van der Waals surface area contributed by atoms with E-state index >= 15 is 0 Å². The summed E-state index contributed by atoms with van der Waals surface area (Å²) >= 11 is 6.24. The number of carbonyl (C=O) groups excluding carboxylic acids is 1. The van der Waals surface area contributed by atoms with E-state index in [4.69, 9.17) is 16.3 Å². The third-order valence-electron chi connectivity index (χ3n) is 5.86. The topological polar surface area (TPSA) is 78.9 Å². The summed E-state index contributed by atoms with van der Waals surface area (Å²) in [5, 5.41) is 0.0600. The van der Waals surface area contributed by atoms with Crippen LogP contribution < -0.4 is 9.46 Å². The van der Waals surface area contributed by atoms with Gasteiger partial charge in [0.1, 0.15) is 11.6 Å². The third-order valence-corrected chi connectivity index (χ3v) is 7.53. The molecule has 1 N–H and O–H groups in total. The normalized spacial score (nSPS) is 14.6. The molecule has 1 amide bonds. The molecule has 0 bridgehead atoms. The summed E-state index contributed by atoms with van der Waals surface area (Å²) in [6.45, 7) is 3.34. The zero-order valence-electron chi connectivity index (χ0n) is 20.0. The van der Waals surface area contributed by atoms with Gasteiger partial charge in [-0.15, -0.1) is 0 Å². The molecule has 0 saturated carbocycles. The van der Waals surface area contributed by atoms with Crippen molar-refractivity contribution in [3.63, 3.8) is 0 Å². The summed E-state index contributed by atoms with van der Waals surface area (Å²) in [5.41, 5.74) is 1.37. The molecule has 3 aromatic carbocycles. The average molecular weight is 544 g/mol. The van der Waals surface area contributed by atoms with E-state index in [1.165, 1.54) is 30.3 Å². The zero-order valence-corrected chi connectivity index (χ0v) is 21.6. The van der Waals surface area contributed by atoms with Gasteiger partial charge < -0.3 is 9.64 Å². The van der Waals surface area contributed by atoms with Crippen LogP contribution in [0.15, 0.2) is 83.8 Å². The van der Waals surface area contributed by atoms with Gasteiger partial charge in [0.05, 0.1) is 9.92 Å². The molecule has 1 heterocycles. The maximum absolute atomic E-state index is 13.1. The largest absolute Gasteiger partial charge is 0.482 e. The fraction of sp³-hybridized carbons (Fsp3) is 0.222. The highest BCUT2D eigenvalue weighted by Crippen LogP contribution is 2.28. The molecule has 10 heteroatoms. The number of rotatable bonds is 9. The van der Waals surface area contributed by atoms with Gasteiger partial charge in [0, 0.05) is 38.4 Å². The van der Waals surface area contributed by atoms with E-state index in [1.807, 2.05) is 18.2 Å². The minimum atomic E-state index is -3.94. The van der Waals surface area contributed by atoms with Crippen LogP contribution in [0.3, 0.4) is 0 Å². The molecule has 0 atom stereocenters. The van der Waals surface area contributed by atoms with Crippen LogP contribution in [0.2, 0.25) is 5.02 Å². The number of hydrogen-bond acceptors (Lipinski definition) is 5. The fourth-order valence-electron chi connectivity index (χ4n) is 3.81. The number of hydrogen-bond donors (Lipinski definition) is 1. The van der Waals surface area contributed by atoms with Crippen molar-refractivity contribution in [2.24, 2.45) is 0 Å². The van der Waals surface area contributed by atoms with Gasteiger partial charge in [0.25, 0.3) is 15.9 Å². The van der Waals surface area contributed by atoms with E-state index < -0.39 is 15.8 Å². The maximum atomic E-state index is 13.1. The number of amides is 1. The molecule has 7 nitrogen and oxygen atoms in total. The van der Waals surface area contributed by atoms with E-state index in [9.17, 15) is 17.6 Å². The van der Waals surface area contributed by atoms with Crippen LogP contribution in [-0.2, 0) is 14.8 Å². The van der Waals surface area contributed by atoms with Crippen molar-refractivity contribution in [2.75, 3.05) is 44.1 Å². The molecule has 0 aliphatic carbocycles. The minimum Gasteiger partial charge on any atom is -0.482 e. The van der Waals surface area contributed by atoms with Gasteiger partial charge in [-0.25, -0.2) is 12.8 Å². The van der Waals surface area contributed by atoms with Crippen molar-refractivity contribution in [3.05, 3.63) is 95.3 Å². The molecule has 194 valence electrons. The molecule has 3 aromatic rings. The Morgan fingerprint density at radius 2 is 1.70 bits per heavy atom. The lowest BCUT2D eigenvalue weighted by molar-refractivity contribution is -0.135. The SMILES string of the molecule is O=C(COc1ccc(S(=O)(=O)Nc2ccc(F)cc2)cc1Cl)N1CCN(C/C=C/c2ccccc2)CC1. The molecule has 0 spiro atoms. The summed E-state index contributed by atoms with van der Waals surface area (Å²) in [4.78, 5) is 16.6. The average Bonchev–Trinajstić information content (AvgIpc) is 2.90. The lowest BCUT2D eigenvalue weighted by Gasteiger charge is -2.34. The monoisotopic (exact) mass is 543 g/mol. The minimum absolute atomic E-state index is 0.0600. The van der Waals surface area contributed by atoms with Gasteiger partial charge >= 0.3 is 0 Å². The first-order chi connectivity index (χ1) is 17.8. The Morgan fingerprint density at radius 1 is 1.00 bits per heavy atom. The van der Waals surface area contributed by atoms with Crippen molar-refractivity contribution in [3.8, 4) is 5.75 Å². The molecule has 1 saturated heterocycles. The summed E-state index contributed by atoms with van der Waals surface area (Å²) in [6.07, 6.45) is 4.21. The van der Waals surface area contributed by atoms with Crippen molar-refractivity contribution in [2.45, 2.75) is 4.90 Å². The number of anilines is 1. The van der Waals surface area contributed by atoms with Crippen molar-refractivity contribution in [1.29, 1.82) is 0 Å². The maximum Gasteiger partial charge on any atom is 0.261 e. The number of carbonyl (C=O) groups is 1. The first-order valence-corrected chi connectivity index (χ1v) is 13.6.